The quantitative estimate of drug-likeness (QED) is 0.772. The van der Waals surface area contributed by atoms with Crippen molar-refractivity contribution in [2.75, 3.05) is 31.1 Å². The van der Waals surface area contributed by atoms with E-state index in [2.05, 4.69) is 4.98 Å². The zero-order chi connectivity index (χ0) is 22.1. The van der Waals surface area contributed by atoms with Crippen LogP contribution in [0.2, 0.25) is 0 Å². The van der Waals surface area contributed by atoms with Gasteiger partial charge in [0, 0.05) is 31.5 Å². The Morgan fingerprint density at radius 2 is 2.03 bits per heavy atom. The van der Waals surface area contributed by atoms with Crippen LogP contribution in [0, 0.1) is 11.8 Å². The number of hydrogen-bond acceptors (Lipinski definition) is 6. The highest BCUT2D eigenvalue weighted by molar-refractivity contribution is 5.89. The molecule has 2 aliphatic heterocycles. The van der Waals surface area contributed by atoms with Gasteiger partial charge in [0.25, 0.3) is 0 Å². The Balaban J connectivity index is 1.21. The predicted octanol–water partition coefficient (Wildman–Crippen LogP) is 2.26. The highest BCUT2D eigenvalue weighted by Gasteiger charge is 2.43. The van der Waals surface area contributed by atoms with Gasteiger partial charge in [-0.05, 0) is 48.4 Å². The first-order valence-corrected chi connectivity index (χ1v) is 11.1. The van der Waals surface area contributed by atoms with Crippen molar-refractivity contribution in [3.63, 3.8) is 0 Å². The largest absolute Gasteiger partial charge is 0.488 e. The van der Waals surface area contributed by atoms with Crippen molar-refractivity contribution in [1.82, 2.24) is 9.88 Å². The number of aliphatic hydroxyl groups is 1. The van der Waals surface area contributed by atoms with Crippen molar-refractivity contribution in [2.24, 2.45) is 11.8 Å². The molecule has 3 heterocycles. The first kappa shape index (κ1) is 20.8. The van der Waals surface area contributed by atoms with Gasteiger partial charge in [-0.15, -0.1) is 0 Å². The second-order valence-corrected chi connectivity index (χ2v) is 8.82. The predicted molar refractivity (Wildman–Crippen MR) is 116 cm³/mol. The number of carbonyl (C=O) groups excluding carboxylic acids is 2. The molecule has 0 unspecified atom stereocenters. The zero-order valence-electron chi connectivity index (χ0n) is 17.8. The molecule has 1 aromatic heterocycles. The Kier molecular flexibility index (Phi) is 5.70. The van der Waals surface area contributed by atoms with E-state index in [1.54, 1.807) is 17.3 Å². The van der Waals surface area contributed by atoms with Crippen LogP contribution in [0.1, 0.15) is 18.4 Å². The second-order valence-electron chi connectivity index (χ2n) is 8.82. The standard InChI is InChI=1S/C24H27N3O5/c28-21-10-17-14-26(23(29)9-16-3-2-6-25-13-16)15-18(17)11-22(21)32-20-5-1-4-19(12-20)27-7-8-31-24(27)30/h1-6,12-13,17-18,21-22,28H,7-11,14-15H2/t17-,18+,21+,22+/m0/s1. The summed E-state index contributed by atoms with van der Waals surface area (Å²) in [7, 11) is 0. The van der Waals surface area contributed by atoms with Gasteiger partial charge in [-0.25, -0.2) is 4.79 Å². The maximum absolute atomic E-state index is 12.8. The Morgan fingerprint density at radius 1 is 1.19 bits per heavy atom. The molecular weight excluding hydrogens is 410 g/mol. The number of likely N-dealkylation sites (tertiary alicyclic amines) is 1. The molecule has 5 rings (SSSR count). The normalized spacial score (nSPS) is 27.2. The Hall–Kier alpha value is -3.13. The van der Waals surface area contributed by atoms with E-state index >= 15 is 0 Å². The van der Waals surface area contributed by atoms with Gasteiger partial charge in [-0.3, -0.25) is 14.7 Å². The molecule has 4 atom stereocenters. The number of anilines is 1. The molecule has 0 spiro atoms. The smallest absolute Gasteiger partial charge is 0.414 e. The topological polar surface area (TPSA) is 92.2 Å². The molecule has 32 heavy (non-hydrogen) atoms. The molecule has 168 valence electrons. The summed E-state index contributed by atoms with van der Waals surface area (Å²) in [5.74, 6) is 1.31. The van der Waals surface area contributed by atoms with Crippen molar-refractivity contribution in [2.45, 2.75) is 31.5 Å². The van der Waals surface area contributed by atoms with Crippen LogP contribution in [0.5, 0.6) is 5.75 Å². The number of fused-ring (bicyclic) bond motifs is 1. The van der Waals surface area contributed by atoms with E-state index in [-0.39, 0.29) is 24.0 Å². The summed E-state index contributed by atoms with van der Waals surface area (Å²) in [6.07, 6.45) is 3.79. The Labute approximate surface area is 186 Å². The number of amides is 2. The van der Waals surface area contributed by atoms with Crippen molar-refractivity contribution in [1.29, 1.82) is 0 Å². The maximum atomic E-state index is 12.8. The minimum Gasteiger partial charge on any atom is -0.488 e. The molecule has 1 N–H and O–H groups in total. The van der Waals surface area contributed by atoms with Crippen LogP contribution >= 0.6 is 0 Å². The van der Waals surface area contributed by atoms with Crippen LogP contribution in [0.25, 0.3) is 0 Å². The average Bonchev–Trinajstić information content (AvgIpc) is 3.41. The van der Waals surface area contributed by atoms with Crippen LogP contribution in [-0.2, 0) is 16.0 Å². The van der Waals surface area contributed by atoms with Gasteiger partial charge in [-0.1, -0.05) is 12.1 Å². The number of carbonyl (C=O) groups is 2. The molecule has 8 nitrogen and oxygen atoms in total. The number of aliphatic hydroxyl groups excluding tert-OH is 1. The molecule has 1 aromatic carbocycles. The summed E-state index contributed by atoms with van der Waals surface area (Å²) in [4.78, 5) is 32.2. The van der Waals surface area contributed by atoms with Gasteiger partial charge in [0.15, 0.2) is 0 Å². The highest BCUT2D eigenvalue weighted by atomic mass is 16.6. The van der Waals surface area contributed by atoms with Crippen LogP contribution in [0.15, 0.2) is 48.8 Å². The molecule has 0 radical (unpaired) electrons. The highest BCUT2D eigenvalue weighted by Crippen LogP contribution is 2.38. The fourth-order valence-electron chi connectivity index (χ4n) is 5.04. The molecule has 2 amide bonds. The molecule has 1 aliphatic carbocycles. The van der Waals surface area contributed by atoms with E-state index in [9.17, 15) is 14.7 Å². The van der Waals surface area contributed by atoms with Crippen molar-refractivity contribution < 1.29 is 24.2 Å². The molecular formula is C24H27N3O5. The van der Waals surface area contributed by atoms with Crippen molar-refractivity contribution >= 4 is 17.7 Å². The molecule has 2 saturated heterocycles. The number of aromatic nitrogens is 1. The molecule has 3 fully saturated rings. The van der Waals surface area contributed by atoms with Gasteiger partial charge in [0.2, 0.25) is 5.91 Å². The fraction of sp³-hybridized carbons (Fsp3) is 0.458. The summed E-state index contributed by atoms with van der Waals surface area (Å²) in [5.41, 5.74) is 1.64. The summed E-state index contributed by atoms with van der Waals surface area (Å²) in [6, 6.07) is 11.1. The van der Waals surface area contributed by atoms with Gasteiger partial charge in [0.1, 0.15) is 18.5 Å². The monoisotopic (exact) mass is 437 g/mol. The van der Waals surface area contributed by atoms with Crippen molar-refractivity contribution in [3.05, 3.63) is 54.4 Å². The van der Waals surface area contributed by atoms with Gasteiger partial charge in [-0.2, -0.15) is 0 Å². The van der Waals surface area contributed by atoms with E-state index in [1.165, 1.54) is 0 Å². The number of ether oxygens (including phenoxy) is 2. The van der Waals surface area contributed by atoms with E-state index < -0.39 is 6.10 Å². The minimum atomic E-state index is -0.593. The average molecular weight is 437 g/mol. The number of rotatable bonds is 5. The third-order valence-electron chi connectivity index (χ3n) is 6.69. The molecule has 3 aliphatic rings. The van der Waals surface area contributed by atoms with Crippen LogP contribution < -0.4 is 9.64 Å². The number of cyclic esters (lactones) is 1. The van der Waals surface area contributed by atoms with Gasteiger partial charge >= 0.3 is 6.09 Å². The Bertz CT molecular complexity index is 985. The summed E-state index contributed by atoms with van der Waals surface area (Å²) < 4.78 is 11.2. The fourth-order valence-corrected chi connectivity index (χ4v) is 5.04. The van der Waals surface area contributed by atoms with E-state index in [0.29, 0.717) is 57.2 Å². The number of pyridine rings is 1. The lowest BCUT2D eigenvalue weighted by Gasteiger charge is -2.35. The third-order valence-corrected chi connectivity index (χ3v) is 6.69. The van der Waals surface area contributed by atoms with E-state index in [0.717, 1.165) is 11.3 Å². The lowest BCUT2D eigenvalue weighted by Crippen LogP contribution is -2.42. The minimum absolute atomic E-state index is 0.101. The summed E-state index contributed by atoms with van der Waals surface area (Å²) in [6.45, 7) is 2.27. The number of benzene rings is 1. The van der Waals surface area contributed by atoms with Crippen LogP contribution in [0.4, 0.5) is 10.5 Å². The van der Waals surface area contributed by atoms with E-state index in [1.807, 2.05) is 41.3 Å². The van der Waals surface area contributed by atoms with Crippen LogP contribution in [0.3, 0.4) is 0 Å². The first-order valence-electron chi connectivity index (χ1n) is 11.1. The zero-order valence-corrected chi connectivity index (χ0v) is 17.8. The summed E-state index contributed by atoms with van der Waals surface area (Å²) in [5, 5.41) is 10.7. The number of nitrogens with zero attached hydrogens (tertiary/aromatic N) is 3. The van der Waals surface area contributed by atoms with Gasteiger partial charge in [0.05, 0.1) is 24.8 Å². The van der Waals surface area contributed by atoms with Crippen LogP contribution in [-0.4, -0.2) is 65.4 Å². The van der Waals surface area contributed by atoms with Gasteiger partial charge < -0.3 is 19.5 Å². The number of hydrogen-bond donors (Lipinski definition) is 1. The Morgan fingerprint density at radius 3 is 2.78 bits per heavy atom. The maximum Gasteiger partial charge on any atom is 0.414 e. The third kappa shape index (κ3) is 4.27. The summed E-state index contributed by atoms with van der Waals surface area (Å²) >= 11 is 0. The molecule has 1 saturated carbocycles. The SMILES string of the molecule is O=C(Cc1cccnc1)N1C[C@H]2C[C@@H](Oc3cccc(N4CCOC4=O)c3)[C@H](O)C[C@H]2C1. The molecule has 0 bridgehead atoms. The van der Waals surface area contributed by atoms with Crippen molar-refractivity contribution in [3.8, 4) is 5.75 Å². The molecule has 8 heteroatoms. The first-order chi connectivity index (χ1) is 15.6. The van der Waals surface area contributed by atoms with E-state index in [4.69, 9.17) is 9.47 Å². The molecule has 2 aromatic rings. The lowest BCUT2D eigenvalue weighted by molar-refractivity contribution is -0.129. The second kappa shape index (κ2) is 8.78. The lowest BCUT2D eigenvalue weighted by atomic mass is 9.78.